The fourth-order valence-corrected chi connectivity index (χ4v) is 1.80. The second kappa shape index (κ2) is 3.76. The summed E-state index contributed by atoms with van der Waals surface area (Å²) in [6.45, 7) is 8.73. The smallest absolute Gasteiger partial charge is 0.131 e. The zero-order chi connectivity index (χ0) is 11.0. The van der Waals surface area contributed by atoms with Crippen LogP contribution in [0.3, 0.4) is 0 Å². The van der Waals surface area contributed by atoms with Gasteiger partial charge in [-0.05, 0) is 5.92 Å². The van der Waals surface area contributed by atoms with Crippen molar-refractivity contribution in [2.45, 2.75) is 40.0 Å². The molecule has 0 spiro atoms. The Morgan fingerprint density at radius 2 is 1.87 bits per heavy atom. The van der Waals surface area contributed by atoms with E-state index < -0.39 is 0 Å². The Morgan fingerprint density at radius 3 is 2.47 bits per heavy atom. The van der Waals surface area contributed by atoms with Crippen LogP contribution < -0.4 is 0 Å². The SMILES string of the molecule is CC(C)C1=Cc2cnc(C(C)C)nc2C1. The second-order valence-corrected chi connectivity index (χ2v) is 4.84. The first kappa shape index (κ1) is 10.3. The van der Waals surface area contributed by atoms with Crippen molar-refractivity contribution in [3.8, 4) is 0 Å². The number of hydrogen-bond acceptors (Lipinski definition) is 2. The molecular formula is C13H18N2. The third-order valence-corrected chi connectivity index (χ3v) is 2.89. The highest BCUT2D eigenvalue weighted by Gasteiger charge is 2.17. The molecule has 1 heterocycles. The van der Waals surface area contributed by atoms with Gasteiger partial charge >= 0.3 is 0 Å². The quantitative estimate of drug-likeness (QED) is 0.736. The number of allylic oxidation sites excluding steroid dienone is 1. The molecule has 1 aromatic heterocycles. The molecule has 0 bridgehead atoms. The van der Waals surface area contributed by atoms with E-state index in [0.29, 0.717) is 11.8 Å². The Bertz CT molecular complexity index is 403. The normalized spacial score (nSPS) is 14.7. The van der Waals surface area contributed by atoms with Gasteiger partial charge in [0.05, 0.1) is 5.69 Å². The fraction of sp³-hybridized carbons (Fsp3) is 0.538. The van der Waals surface area contributed by atoms with E-state index >= 15 is 0 Å². The minimum Gasteiger partial charge on any atom is -0.240 e. The summed E-state index contributed by atoms with van der Waals surface area (Å²) in [4.78, 5) is 9.01. The van der Waals surface area contributed by atoms with Crippen molar-refractivity contribution < 1.29 is 0 Å². The monoisotopic (exact) mass is 202 g/mol. The van der Waals surface area contributed by atoms with Gasteiger partial charge in [0.15, 0.2) is 0 Å². The van der Waals surface area contributed by atoms with E-state index in [0.717, 1.165) is 12.2 Å². The summed E-state index contributed by atoms with van der Waals surface area (Å²) in [7, 11) is 0. The summed E-state index contributed by atoms with van der Waals surface area (Å²) in [5.74, 6) is 1.99. The first-order chi connectivity index (χ1) is 7.08. The Labute approximate surface area is 91.5 Å². The Hall–Kier alpha value is -1.18. The Balaban J connectivity index is 2.31. The minimum absolute atomic E-state index is 0.415. The van der Waals surface area contributed by atoms with E-state index in [9.17, 15) is 0 Å². The van der Waals surface area contributed by atoms with Crippen LogP contribution in [0.4, 0.5) is 0 Å². The highest BCUT2D eigenvalue weighted by Crippen LogP contribution is 2.28. The molecule has 0 radical (unpaired) electrons. The first-order valence-corrected chi connectivity index (χ1v) is 5.64. The van der Waals surface area contributed by atoms with Gasteiger partial charge in [0.25, 0.3) is 0 Å². The molecule has 0 amide bonds. The van der Waals surface area contributed by atoms with Gasteiger partial charge in [-0.3, -0.25) is 0 Å². The molecule has 15 heavy (non-hydrogen) atoms. The van der Waals surface area contributed by atoms with Gasteiger partial charge in [-0.25, -0.2) is 9.97 Å². The molecule has 0 unspecified atom stereocenters. The van der Waals surface area contributed by atoms with Gasteiger partial charge < -0.3 is 0 Å². The average Bonchev–Trinajstić information content (AvgIpc) is 2.59. The number of rotatable bonds is 2. The molecule has 0 fully saturated rings. The van der Waals surface area contributed by atoms with E-state index in [1.165, 1.54) is 16.8 Å². The molecule has 2 rings (SSSR count). The molecule has 0 atom stereocenters. The largest absolute Gasteiger partial charge is 0.240 e. The van der Waals surface area contributed by atoms with Gasteiger partial charge in [-0.15, -0.1) is 0 Å². The van der Waals surface area contributed by atoms with Crippen molar-refractivity contribution in [1.29, 1.82) is 0 Å². The maximum Gasteiger partial charge on any atom is 0.131 e. The fourth-order valence-electron chi connectivity index (χ4n) is 1.80. The van der Waals surface area contributed by atoms with Crippen LogP contribution >= 0.6 is 0 Å². The highest BCUT2D eigenvalue weighted by atomic mass is 14.9. The van der Waals surface area contributed by atoms with Crippen molar-refractivity contribution in [3.05, 3.63) is 28.9 Å². The minimum atomic E-state index is 0.415. The van der Waals surface area contributed by atoms with Crippen LogP contribution in [0.15, 0.2) is 11.8 Å². The van der Waals surface area contributed by atoms with E-state index in [2.05, 4.69) is 43.7 Å². The third kappa shape index (κ3) is 1.94. The van der Waals surface area contributed by atoms with E-state index in [1.807, 2.05) is 6.20 Å². The lowest BCUT2D eigenvalue weighted by atomic mass is 10.0. The van der Waals surface area contributed by atoms with Crippen LogP contribution in [-0.4, -0.2) is 9.97 Å². The maximum atomic E-state index is 4.62. The van der Waals surface area contributed by atoms with Crippen LogP contribution in [-0.2, 0) is 6.42 Å². The molecule has 0 N–H and O–H groups in total. The summed E-state index contributed by atoms with van der Waals surface area (Å²) in [5.41, 5.74) is 3.89. The molecule has 2 nitrogen and oxygen atoms in total. The number of hydrogen-bond donors (Lipinski definition) is 0. The van der Waals surface area contributed by atoms with Crippen molar-refractivity contribution in [2.75, 3.05) is 0 Å². The van der Waals surface area contributed by atoms with Crippen molar-refractivity contribution >= 4 is 6.08 Å². The lowest BCUT2D eigenvalue weighted by Crippen LogP contribution is -2.02. The summed E-state index contributed by atoms with van der Waals surface area (Å²) < 4.78 is 0. The molecule has 0 aromatic carbocycles. The summed E-state index contributed by atoms with van der Waals surface area (Å²) in [6, 6.07) is 0. The predicted molar refractivity (Wildman–Crippen MR) is 62.6 cm³/mol. The van der Waals surface area contributed by atoms with Crippen LogP contribution in [0.2, 0.25) is 0 Å². The molecule has 1 aromatic rings. The third-order valence-electron chi connectivity index (χ3n) is 2.89. The lowest BCUT2D eigenvalue weighted by Gasteiger charge is -2.06. The zero-order valence-electron chi connectivity index (χ0n) is 9.91. The standard InChI is InChI=1S/C13H18N2/c1-8(2)10-5-11-7-14-13(9(3)4)15-12(11)6-10/h5,7-9H,6H2,1-4H3. The summed E-state index contributed by atoms with van der Waals surface area (Å²) in [6.07, 6.45) is 5.21. The van der Waals surface area contributed by atoms with E-state index in [-0.39, 0.29) is 0 Å². The lowest BCUT2D eigenvalue weighted by molar-refractivity contribution is 0.733. The van der Waals surface area contributed by atoms with Gasteiger partial charge in [0, 0.05) is 24.1 Å². The molecule has 1 aliphatic rings. The average molecular weight is 202 g/mol. The molecular weight excluding hydrogens is 184 g/mol. The maximum absolute atomic E-state index is 4.62. The van der Waals surface area contributed by atoms with Crippen LogP contribution in [0.25, 0.3) is 6.08 Å². The molecule has 1 aliphatic carbocycles. The van der Waals surface area contributed by atoms with E-state index in [1.54, 1.807) is 0 Å². The molecule has 0 aliphatic heterocycles. The van der Waals surface area contributed by atoms with E-state index in [4.69, 9.17) is 0 Å². The van der Waals surface area contributed by atoms with Crippen molar-refractivity contribution in [3.63, 3.8) is 0 Å². The second-order valence-electron chi connectivity index (χ2n) is 4.84. The summed E-state index contributed by atoms with van der Waals surface area (Å²) >= 11 is 0. The van der Waals surface area contributed by atoms with Crippen molar-refractivity contribution in [1.82, 2.24) is 9.97 Å². The predicted octanol–water partition coefficient (Wildman–Crippen LogP) is 3.20. The van der Waals surface area contributed by atoms with Gasteiger partial charge in [0.2, 0.25) is 0 Å². The Morgan fingerprint density at radius 1 is 1.13 bits per heavy atom. The number of nitrogens with zero attached hydrogens (tertiary/aromatic N) is 2. The molecule has 0 saturated heterocycles. The van der Waals surface area contributed by atoms with Crippen LogP contribution in [0, 0.1) is 5.92 Å². The molecule has 80 valence electrons. The number of fused-ring (bicyclic) bond motifs is 1. The van der Waals surface area contributed by atoms with Crippen molar-refractivity contribution in [2.24, 2.45) is 5.92 Å². The van der Waals surface area contributed by atoms with Crippen LogP contribution in [0.5, 0.6) is 0 Å². The number of aromatic nitrogens is 2. The first-order valence-electron chi connectivity index (χ1n) is 5.64. The van der Waals surface area contributed by atoms with Gasteiger partial charge in [-0.1, -0.05) is 39.3 Å². The summed E-state index contributed by atoms with van der Waals surface area (Å²) in [5, 5.41) is 0. The highest BCUT2D eigenvalue weighted by molar-refractivity contribution is 5.61. The Kier molecular flexibility index (Phi) is 2.59. The molecule has 2 heteroatoms. The molecule has 0 saturated carbocycles. The van der Waals surface area contributed by atoms with Crippen LogP contribution in [0.1, 0.15) is 50.7 Å². The topological polar surface area (TPSA) is 25.8 Å². The zero-order valence-corrected chi connectivity index (χ0v) is 9.91. The van der Waals surface area contributed by atoms with Gasteiger partial charge in [-0.2, -0.15) is 0 Å². The van der Waals surface area contributed by atoms with Gasteiger partial charge in [0.1, 0.15) is 5.82 Å².